The van der Waals surface area contributed by atoms with E-state index < -0.39 is 6.10 Å². The van der Waals surface area contributed by atoms with E-state index in [4.69, 9.17) is 23.2 Å². The summed E-state index contributed by atoms with van der Waals surface area (Å²) in [6, 6.07) is 5.46. The molecule has 0 aromatic heterocycles. The molecule has 0 amide bonds. The summed E-state index contributed by atoms with van der Waals surface area (Å²) in [4.78, 5) is 2.03. The van der Waals surface area contributed by atoms with E-state index >= 15 is 0 Å². The molecule has 0 saturated heterocycles. The highest BCUT2D eigenvalue weighted by Crippen LogP contribution is 2.22. The van der Waals surface area contributed by atoms with Crippen molar-refractivity contribution in [3.63, 3.8) is 0 Å². The van der Waals surface area contributed by atoms with Crippen LogP contribution >= 0.6 is 39.1 Å². The van der Waals surface area contributed by atoms with Gasteiger partial charge >= 0.3 is 0 Å². The monoisotopic (exact) mass is 391 g/mol. The molecule has 0 bridgehead atoms. The third-order valence-corrected chi connectivity index (χ3v) is 3.84. The van der Waals surface area contributed by atoms with Crippen molar-refractivity contribution in [2.75, 3.05) is 13.6 Å². The molecule has 1 aromatic rings. The average molecular weight is 393 g/mol. The molecule has 0 aliphatic rings. The number of benzene rings is 1. The Balaban J connectivity index is 2.68. The molecule has 116 valence electrons. The van der Waals surface area contributed by atoms with E-state index in [-0.39, 0.29) is 0 Å². The lowest BCUT2D eigenvalue weighted by Gasteiger charge is -2.22. The third kappa shape index (κ3) is 6.54. The molecular weight excluding hydrogens is 373 g/mol. The summed E-state index contributed by atoms with van der Waals surface area (Å²) in [5.74, 6) is 0. The average Bonchev–Trinajstić information content (AvgIpc) is 2.38. The number of allylic oxidation sites excluding steroid dienone is 2. The van der Waals surface area contributed by atoms with Crippen molar-refractivity contribution in [3.05, 3.63) is 56.0 Å². The second-order valence-corrected chi connectivity index (χ2v) is 7.06. The summed E-state index contributed by atoms with van der Waals surface area (Å²) in [6.07, 6.45) is 3.30. The van der Waals surface area contributed by atoms with Crippen LogP contribution in [0, 0.1) is 0 Å². The lowest BCUT2D eigenvalue weighted by Crippen LogP contribution is -2.29. The van der Waals surface area contributed by atoms with E-state index in [1.54, 1.807) is 6.07 Å². The van der Waals surface area contributed by atoms with Crippen molar-refractivity contribution >= 4 is 39.1 Å². The Kier molecular flexibility index (Phi) is 7.99. The van der Waals surface area contributed by atoms with Gasteiger partial charge in [0.25, 0.3) is 0 Å². The van der Waals surface area contributed by atoms with Crippen LogP contribution in [0.1, 0.15) is 19.4 Å². The van der Waals surface area contributed by atoms with Crippen LogP contribution in [0.5, 0.6) is 0 Å². The Bertz CT molecular complexity index is 539. The number of aliphatic hydroxyl groups is 1. The predicted octanol–water partition coefficient (Wildman–Crippen LogP) is 5.03. The van der Waals surface area contributed by atoms with Crippen molar-refractivity contribution in [3.8, 4) is 0 Å². The molecule has 0 saturated carbocycles. The minimum absolute atomic E-state index is 0.523. The number of rotatable bonds is 6. The van der Waals surface area contributed by atoms with Crippen LogP contribution in [0.3, 0.4) is 0 Å². The van der Waals surface area contributed by atoms with Crippen molar-refractivity contribution in [2.24, 2.45) is 0 Å². The van der Waals surface area contributed by atoms with Crippen LogP contribution in [0.4, 0.5) is 0 Å². The number of nitrogens with zero attached hydrogens (tertiary/aromatic N) is 1. The molecule has 0 fully saturated rings. The highest BCUT2D eigenvalue weighted by molar-refractivity contribution is 9.11. The number of halogens is 3. The van der Waals surface area contributed by atoms with Gasteiger partial charge in [-0.2, -0.15) is 0 Å². The maximum Gasteiger partial charge on any atom is 0.0914 e. The quantitative estimate of drug-likeness (QED) is 0.686. The van der Waals surface area contributed by atoms with Crippen molar-refractivity contribution in [1.82, 2.24) is 4.90 Å². The molecule has 0 aliphatic carbocycles. The lowest BCUT2D eigenvalue weighted by molar-refractivity contribution is 0.154. The van der Waals surface area contributed by atoms with Crippen LogP contribution in [0.25, 0.3) is 0 Å². The van der Waals surface area contributed by atoms with Crippen molar-refractivity contribution < 1.29 is 5.11 Å². The van der Waals surface area contributed by atoms with Gasteiger partial charge in [0.1, 0.15) is 0 Å². The van der Waals surface area contributed by atoms with Crippen LogP contribution in [0.15, 0.2) is 40.4 Å². The first-order chi connectivity index (χ1) is 9.83. The molecule has 0 radical (unpaired) electrons. The number of likely N-dealkylation sites (N-methyl/N-ethyl adjacent to an activating group) is 1. The normalized spacial score (nSPS) is 14.7. The van der Waals surface area contributed by atoms with Crippen LogP contribution in [-0.4, -0.2) is 29.7 Å². The van der Waals surface area contributed by atoms with E-state index in [1.807, 2.05) is 50.1 Å². The van der Waals surface area contributed by atoms with Crippen LogP contribution < -0.4 is 0 Å². The zero-order valence-electron chi connectivity index (χ0n) is 12.4. The fourth-order valence-corrected chi connectivity index (χ4v) is 2.74. The Morgan fingerprint density at radius 1 is 1.43 bits per heavy atom. The van der Waals surface area contributed by atoms with E-state index in [0.29, 0.717) is 23.1 Å². The SMILES string of the molecule is CC=C(C=C(C)Br)C(O)CN(C)Cc1ccc(Cl)cc1Cl. The molecule has 1 unspecified atom stereocenters. The van der Waals surface area contributed by atoms with E-state index in [1.165, 1.54) is 0 Å². The second kappa shape index (κ2) is 8.96. The predicted molar refractivity (Wildman–Crippen MR) is 95.2 cm³/mol. The Hall–Kier alpha value is -0.320. The summed E-state index contributed by atoms with van der Waals surface area (Å²) in [7, 11) is 1.95. The largest absolute Gasteiger partial charge is 0.387 e. The molecule has 5 heteroatoms. The Morgan fingerprint density at radius 2 is 2.10 bits per heavy atom. The van der Waals surface area contributed by atoms with E-state index in [9.17, 15) is 5.11 Å². The molecule has 0 heterocycles. The van der Waals surface area contributed by atoms with Gasteiger partial charge in [0.05, 0.1) is 6.10 Å². The second-order valence-electron chi connectivity index (χ2n) is 4.97. The van der Waals surface area contributed by atoms with Gasteiger partial charge in [-0.05, 0) is 54.7 Å². The molecule has 1 rings (SSSR count). The van der Waals surface area contributed by atoms with Crippen LogP contribution in [-0.2, 0) is 6.54 Å². The maximum atomic E-state index is 10.3. The minimum Gasteiger partial charge on any atom is -0.387 e. The fraction of sp³-hybridized carbons (Fsp3) is 0.375. The van der Waals surface area contributed by atoms with Crippen molar-refractivity contribution in [2.45, 2.75) is 26.5 Å². The lowest BCUT2D eigenvalue weighted by atomic mass is 10.1. The molecular formula is C16H20BrCl2NO. The summed E-state index contributed by atoms with van der Waals surface area (Å²) in [5.41, 5.74) is 1.88. The molecule has 0 spiro atoms. The molecule has 1 aromatic carbocycles. The number of hydrogen-bond acceptors (Lipinski definition) is 2. The van der Waals surface area contributed by atoms with Gasteiger partial charge in [0.2, 0.25) is 0 Å². The summed E-state index contributed by atoms with van der Waals surface area (Å²) in [5, 5.41) is 11.6. The van der Waals surface area contributed by atoms with Crippen molar-refractivity contribution in [1.29, 1.82) is 0 Å². The van der Waals surface area contributed by atoms with Gasteiger partial charge in [-0.25, -0.2) is 0 Å². The van der Waals surface area contributed by atoms with Gasteiger partial charge in [-0.3, -0.25) is 4.90 Å². The van der Waals surface area contributed by atoms with Gasteiger partial charge in [0.15, 0.2) is 0 Å². The molecule has 2 nitrogen and oxygen atoms in total. The molecule has 1 atom stereocenters. The zero-order chi connectivity index (χ0) is 16.0. The van der Waals surface area contributed by atoms with Gasteiger partial charge in [-0.1, -0.05) is 51.3 Å². The molecule has 0 aliphatic heterocycles. The van der Waals surface area contributed by atoms with E-state index in [0.717, 1.165) is 15.6 Å². The first-order valence-corrected chi connectivity index (χ1v) is 8.19. The van der Waals surface area contributed by atoms with Crippen LogP contribution in [0.2, 0.25) is 10.0 Å². The van der Waals surface area contributed by atoms with Gasteiger partial charge < -0.3 is 5.11 Å². The number of aliphatic hydroxyl groups excluding tert-OH is 1. The summed E-state index contributed by atoms with van der Waals surface area (Å²) in [6.45, 7) is 5.03. The first kappa shape index (κ1) is 18.7. The third-order valence-electron chi connectivity index (χ3n) is 3.02. The number of hydrogen-bond donors (Lipinski definition) is 1. The minimum atomic E-state index is -0.543. The molecule has 1 N–H and O–H groups in total. The van der Waals surface area contributed by atoms with Gasteiger partial charge in [-0.15, -0.1) is 0 Å². The molecule has 21 heavy (non-hydrogen) atoms. The maximum absolute atomic E-state index is 10.3. The Labute approximate surface area is 145 Å². The highest BCUT2D eigenvalue weighted by atomic mass is 79.9. The highest BCUT2D eigenvalue weighted by Gasteiger charge is 2.13. The standard InChI is InChI=1S/C16H20BrCl2NO/c1-4-12(7-11(2)17)16(21)10-20(3)9-13-5-6-14(18)8-15(13)19/h4-8,16,21H,9-10H2,1-3H3. The topological polar surface area (TPSA) is 23.5 Å². The smallest absolute Gasteiger partial charge is 0.0914 e. The Morgan fingerprint density at radius 3 is 2.62 bits per heavy atom. The van der Waals surface area contributed by atoms with E-state index in [2.05, 4.69) is 15.9 Å². The van der Waals surface area contributed by atoms with Gasteiger partial charge in [0, 0.05) is 23.1 Å². The first-order valence-electron chi connectivity index (χ1n) is 6.64. The summed E-state index contributed by atoms with van der Waals surface area (Å²) < 4.78 is 0.984. The fourth-order valence-electron chi connectivity index (χ4n) is 2.01. The zero-order valence-corrected chi connectivity index (χ0v) is 15.5. The summed E-state index contributed by atoms with van der Waals surface area (Å²) >= 11 is 15.4.